The molecule has 6 heteroatoms. The third kappa shape index (κ3) is 3.74. The van der Waals surface area contributed by atoms with Crippen LogP contribution in [0.2, 0.25) is 0 Å². The van der Waals surface area contributed by atoms with E-state index in [4.69, 9.17) is 14.6 Å². The van der Waals surface area contributed by atoms with Gasteiger partial charge < -0.3 is 19.5 Å². The number of carbonyl (C=O) groups excluding carboxylic acids is 1. The first kappa shape index (κ1) is 16.8. The van der Waals surface area contributed by atoms with Crippen LogP contribution in [0.15, 0.2) is 36.4 Å². The van der Waals surface area contributed by atoms with Gasteiger partial charge in [0.05, 0.1) is 5.56 Å². The molecule has 1 aliphatic heterocycles. The summed E-state index contributed by atoms with van der Waals surface area (Å²) >= 11 is 0. The first-order valence-electron chi connectivity index (χ1n) is 7.93. The minimum Gasteiger partial charge on any atom is -0.478 e. The van der Waals surface area contributed by atoms with E-state index in [0.29, 0.717) is 18.5 Å². The van der Waals surface area contributed by atoms with Crippen LogP contribution >= 0.6 is 0 Å². The Labute approximate surface area is 145 Å². The second-order valence-corrected chi connectivity index (χ2v) is 6.06. The average molecular weight is 341 g/mol. The second-order valence-electron chi connectivity index (χ2n) is 6.06. The van der Waals surface area contributed by atoms with Gasteiger partial charge in [0.1, 0.15) is 0 Å². The molecule has 1 N–H and O–H groups in total. The van der Waals surface area contributed by atoms with Crippen molar-refractivity contribution in [2.24, 2.45) is 0 Å². The predicted octanol–water partition coefficient (Wildman–Crippen LogP) is 2.74. The zero-order valence-electron chi connectivity index (χ0n) is 14.1. The number of ether oxygens (including phenoxy) is 2. The topological polar surface area (TPSA) is 76.1 Å². The Morgan fingerprint density at radius 2 is 1.80 bits per heavy atom. The number of nitrogens with zero attached hydrogens (tertiary/aromatic N) is 1. The van der Waals surface area contributed by atoms with Crippen LogP contribution in [0.3, 0.4) is 0 Å². The number of carbonyl (C=O) groups is 2. The number of likely N-dealkylation sites (N-methyl/N-ethyl adjacent to an activating group) is 1. The fourth-order valence-electron chi connectivity index (χ4n) is 2.75. The lowest BCUT2D eigenvalue weighted by atomic mass is 10.1. The molecule has 0 spiro atoms. The van der Waals surface area contributed by atoms with Crippen molar-refractivity contribution in [3.63, 3.8) is 0 Å². The molecule has 0 radical (unpaired) electrons. The maximum atomic E-state index is 12.6. The molecule has 1 amide bonds. The number of carboxylic acids is 1. The number of aromatic carboxylic acids is 1. The minimum absolute atomic E-state index is 0.118. The van der Waals surface area contributed by atoms with Crippen LogP contribution in [0.5, 0.6) is 11.5 Å². The van der Waals surface area contributed by atoms with Gasteiger partial charge in [-0.15, -0.1) is 0 Å². The zero-order chi connectivity index (χ0) is 18.0. The van der Waals surface area contributed by atoms with Crippen molar-refractivity contribution in [3.05, 3.63) is 58.7 Å². The molecule has 0 aromatic heterocycles. The highest BCUT2D eigenvalue weighted by Crippen LogP contribution is 2.32. The van der Waals surface area contributed by atoms with Gasteiger partial charge in [0.15, 0.2) is 11.5 Å². The number of hydrogen-bond donors (Lipinski definition) is 1. The number of benzene rings is 2. The van der Waals surface area contributed by atoms with Crippen LogP contribution in [0.25, 0.3) is 0 Å². The fourth-order valence-corrected chi connectivity index (χ4v) is 2.75. The molecule has 0 unspecified atom stereocenters. The molecule has 25 heavy (non-hydrogen) atoms. The predicted molar refractivity (Wildman–Crippen MR) is 91.4 cm³/mol. The number of carboxylic acid groups (broad SMARTS) is 1. The summed E-state index contributed by atoms with van der Waals surface area (Å²) in [6.07, 6.45) is 0.663. The third-order valence-corrected chi connectivity index (χ3v) is 4.09. The Morgan fingerprint density at radius 3 is 2.56 bits per heavy atom. The summed E-state index contributed by atoms with van der Waals surface area (Å²) in [4.78, 5) is 25.3. The summed E-state index contributed by atoms with van der Waals surface area (Å²) in [6, 6.07) is 10.4. The van der Waals surface area contributed by atoms with Crippen LogP contribution in [0, 0.1) is 6.92 Å². The van der Waals surface area contributed by atoms with Crippen molar-refractivity contribution in [2.45, 2.75) is 13.3 Å². The summed E-state index contributed by atoms with van der Waals surface area (Å²) in [6.45, 7) is 2.51. The molecular formula is C19H19NO5. The van der Waals surface area contributed by atoms with Gasteiger partial charge in [-0.3, -0.25) is 4.79 Å². The van der Waals surface area contributed by atoms with Crippen LogP contribution in [0.1, 0.15) is 31.8 Å². The highest BCUT2D eigenvalue weighted by atomic mass is 16.7. The molecule has 1 aliphatic rings. The normalized spacial score (nSPS) is 12.1. The summed E-state index contributed by atoms with van der Waals surface area (Å²) in [7, 11) is 1.71. The monoisotopic (exact) mass is 341 g/mol. The van der Waals surface area contributed by atoms with Crippen molar-refractivity contribution in [1.82, 2.24) is 4.90 Å². The van der Waals surface area contributed by atoms with E-state index in [0.717, 1.165) is 22.6 Å². The molecule has 0 saturated heterocycles. The highest BCUT2D eigenvalue weighted by molar-refractivity contribution is 5.97. The number of fused-ring (bicyclic) bond motifs is 1. The molecule has 2 aromatic rings. The van der Waals surface area contributed by atoms with Gasteiger partial charge >= 0.3 is 5.97 Å². The van der Waals surface area contributed by atoms with E-state index in [2.05, 4.69) is 0 Å². The van der Waals surface area contributed by atoms with Crippen molar-refractivity contribution in [1.29, 1.82) is 0 Å². The molecule has 0 fully saturated rings. The maximum Gasteiger partial charge on any atom is 0.335 e. The first-order chi connectivity index (χ1) is 11.9. The van der Waals surface area contributed by atoms with Crippen LogP contribution in [-0.4, -0.2) is 42.3 Å². The Morgan fingerprint density at radius 1 is 1.08 bits per heavy atom. The van der Waals surface area contributed by atoms with E-state index in [1.54, 1.807) is 31.0 Å². The smallest absolute Gasteiger partial charge is 0.335 e. The number of amides is 1. The lowest BCUT2D eigenvalue weighted by Gasteiger charge is -2.18. The van der Waals surface area contributed by atoms with E-state index < -0.39 is 5.97 Å². The van der Waals surface area contributed by atoms with Crippen LogP contribution < -0.4 is 9.47 Å². The lowest BCUT2D eigenvalue weighted by molar-refractivity contribution is 0.0696. The van der Waals surface area contributed by atoms with Crippen molar-refractivity contribution >= 4 is 11.9 Å². The molecular weight excluding hydrogens is 322 g/mol. The van der Waals surface area contributed by atoms with Crippen LogP contribution in [0.4, 0.5) is 0 Å². The highest BCUT2D eigenvalue weighted by Gasteiger charge is 2.16. The van der Waals surface area contributed by atoms with E-state index in [1.807, 2.05) is 18.2 Å². The summed E-state index contributed by atoms with van der Waals surface area (Å²) in [5.74, 6) is 0.207. The SMILES string of the molecule is Cc1cc(C(=O)O)cc(C(=O)N(C)CCc2ccc3c(c2)OCO3)c1. The first-order valence-corrected chi connectivity index (χ1v) is 7.93. The molecule has 0 atom stereocenters. The van der Waals surface area contributed by atoms with Crippen molar-refractivity contribution < 1.29 is 24.2 Å². The van der Waals surface area contributed by atoms with Gasteiger partial charge in [-0.05, 0) is 54.8 Å². The van der Waals surface area contributed by atoms with Gasteiger partial charge in [0, 0.05) is 19.2 Å². The average Bonchev–Trinajstić information content (AvgIpc) is 3.06. The van der Waals surface area contributed by atoms with Gasteiger partial charge in [-0.2, -0.15) is 0 Å². The van der Waals surface area contributed by atoms with Gasteiger partial charge in [0.25, 0.3) is 5.91 Å². The van der Waals surface area contributed by atoms with Crippen LogP contribution in [-0.2, 0) is 6.42 Å². The van der Waals surface area contributed by atoms with Gasteiger partial charge in [0.2, 0.25) is 6.79 Å². The Bertz CT molecular complexity index is 831. The number of aryl methyl sites for hydroxylation is 1. The van der Waals surface area contributed by atoms with Gasteiger partial charge in [-0.1, -0.05) is 6.07 Å². The van der Waals surface area contributed by atoms with E-state index in [1.165, 1.54) is 6.07 Å². The Balaban J connectivity index is 1.68. The fraction of sp³-hybridized carbons (Fsp3) is 0.263. The Kier molecular flexibility index (Phi) is 4.61. The van der Waals surface area contributed by atoms with Gasteiger partial charge in [-0.25, -0.2) is 4.79 Å². The largest absolute Gasteiger partial charge is 0.478 e. The molecule has 3 rings (SSSR count). The lowest BCUT2D eigenvalue weighted by Crippen LogP contribution is -2.29. The summed E-state index contributed by atoms with van der Waals surface area (Å²) in [5.41, 5.74) is 2.28. The number of rotatable bonds is 5. The van der Waals surface area contributed by atoms with Crippen molar-refractivity contribution in [3.8, 4) is 11.5 Å². The van der Waals surface area contributed by atoms with E-state index >= 15 is 0 Å². The summed E-state index contributed by atoms with van der Waals surface area (Å²) < 4.78 is 10.6. The second kappa shape index (κ2) is 6.84. The molecule has 2 aromatic carbocycles. The zero-order valence-corrected chi connectivity index (χ0v) is 14.1. The molecule has 1 heterocycles. The molecule has 0 aliphatic carbocycles. The Hall–Kier alpha value is -3.02. The minimum atomic E-state index is -1.04. The third-order valence-electron chi connectivity index (χ3n) is 4.09. The standard InChI is InChI=1S/C19H19NO5/c1-12-7-14(10-15(8-12)19(22)23)18(21)20(2)6-5-13-3-4-16-17(9-13)25-11-24-16/h3-4,7-10H,5-6,11H2,1-2H3,(H,22,23). The maximum absolute atomic E-state index is 12.6. The molecule has 6 nitrogen and oxygen atoms in total. The molecule has 130 valence electrons. The quantitative estimate of drug-likeness (QED) is 0.905. The van der Waals surface area contributed by atoms with E-state index in [9.17, 15) is 9.59 Å². The number of hydrogen-bond acceptors (Lipinski definition) is 4. The molecule has 0 saturated carbocycles. The summed E-state index contributed by atoms with van der Waals surface area (Å²) in [5, 5.41) is 9.14. The van der Waals surface area contributed by atoms with Crippen molar-refractivity contribution in [2.75, 3.05) is 20.4 Å². The van der Waals surface area contributed by atoms with E-state index in [-0.39, 0.29) is 18.3 Å². The molecule has 0 bridgehead atoms.